The highest BCUT2D eigenvalue weighted by Gasteiger charge is 2.55. The van der Waals surface area contributed by atoms with Gasteiger partial charge in [-0.2, -0.15) is 14.0 Å². The first-order valence-electron chi connectivity index (χ1n) is 7.54. The summed E-state index contributed by atoms with van der Waals surface area (Å²) in [5.41, 5.74) is 1.37. The van der Waals surface area contributed by atoms with Gasteiger partial charge in [0.2, 0.25) is 0 Å². The Hall–Kier alpha value is -2.81. The number of hydrogen-bond donors (Lipinski definition) is 0. The number of nitriles is 1. The number of halogens is 2. The maximum absolute atomic E-state index is 12.6. The summed E-state index contributed by atoms with van der Waals surface area (Å²) in [4.78, 5) is 0. The van der Waals surface area contributed by atoms with Crippen LogP contribution < -0.4 is 14.2 Å². The van der Waals surface area contributed by atoms with Crippen molar-refractivity contribution in [2.24, 2.45) is 5.92 Å². The Balaban J connectivity index is 1.61. The lowest BCUT2D eigenvalue weighted by Crippen LogP contribution is -2.03. The minimum atomic E-state index is -3.00. The molecule has 2 aromatic carbocycles. The summed E-state index contributed by atoms with van der Waals surface area (Å²) in [6.45, 7) is -0.855. The van der Waals surface area contributed by atoms with Crippen LogP contribution in [0.1, 0.15) is 24.0 Å². The molecule has 3 atom stereocenters. The van der Waals surface area contributed by atoms with Crippen molar-refractivity contribution < 1.29 is 23.0 Å². The van der Waals surface area contributed by atoms with Crippen molar-refractivity contribution >= 4 is 0 Å². The molecule has 0 spiro atoms. The lowest BCUT2D eigenvalue weighted by Gasteiger charge is -2.13. The Morgan fingerprint density at radius 3 is 2.75 bits per heavy atom. The van der Waals surface area contributed by atoms with E-state index in [2.05, 4.69) is 11.7 Å². The zero-order chi connectivity index (χ0) is 16.8. The largest absolute Gasteiger partial charge is 0.489 e. The van der Waals surface area contributed by atoms with Gasteiger partial charge in [0.15, 0.2) is 11.5 Å². The molecule has 1 fully saturated rings. The topological polar surface area (TPSA) is 51.5 Å². The predicted octanol–water partition coefficient (Wildman–Crippen LogP) is 4.45. The van der Waals surface area contributed by atoms with E-state index in [9.17, 15) is 8.78 Å². The molecule has 0 radical (unpaired) electrons. The quantitative estimate of drug-likeness (QED) is 0.832. The number of fused-ring (bicyclic) bond motifs is 3. The average Bonchev–Trinajstić information content (AvgIpc) is 3.02. The molecule has 0 bridgehead atoms. The van der Waals surface area contributed by atoms with Crippen LogP contribution in [0.25, 0.3) is 0 Å². The minimum Gasteiger partial charge on any atom is -0.489 e. The number of alkyl halides is 2. The molecule has 1 heterocycles. The van der Waals surface area contributed by atoms with Crippen LogP contribution in [0.4, 0.5) is 8.78 Å². The zero-order valence-electron chi connectivity index (χ0n) is 12.7. The Bertz CT molecular complexity index is 847. The van der Waals surface area contributed by atoms with E-state index in [1.807, 2.05) is 12.1 Å². The standard InChI is InChI=1S/C18H13F2NO3/c1-9-16-12-4-3-11(7-14(12)23-17(9)16)22-13-5-2-10(8-21)6-15(13)24-18(19)20/h2-7,9,16-18H,1H3. The Kier molecular flexibility index (Phi) is 3.31. The van der Waals surface area contributed by atoms with E-state index >= 15 is 0 Å². The molecule has 0 aromatic heterocycles. The number of ether oxygens (including phenoxy) is 3. The molecule has 2 aliphatic rings. The third kappa shape index (κ3) is 2.42. The second-order valence-electron chi connectivity index (χ2n) is 5.92. The molecule has 6 heteroatoms. The minimum absolute atomic E-state index is 0.116. The van der Waals surface area contributed by atoms with Crippen molar-refractivity contribution in [3.8, 4) is 29.1 Å². The van der Waals surface area contributed by atoms with Crippen LogP contribution in [0.15, 0.2) is 36.4 Å². The summed E-state index contributed by atoms with van der Waals surface area (Å²) in [5, 5.41) is 8.88. The molecule has 0 amide bonds. The van der Waals surface area contributed by atoms with Crippen LogP contribution >= 0.6 is 0 Å². The molecule has 0 saturated heterocycles. The first-order valence-corrected chi connectivity index (χ1v) is 7.54. The maximum atomic E-state index is 12.6. The van der Waals surface area contributed by atoms with Crippen LogP contribution in [0.5, 0.6) is 23.0 Å². The van der Waals surface area contributed by atoms with Gasteiger partial charge < -0.3 is 14.2 Å². The van der Waals surface area contributed by atoms with Gasteiger partial charge in [-0.25, -0.2) is 0 Å². The fourth-order valence-electron chi connectivity index (χ4n) is 3.15. The fourth-order valence-corrected chi connectivity index (χ4v) is 3.15. The van der Waals surface area contributed by atoms with Crippen molar-refractivity contribution in [2.45, 2.75) is 25.6 Å². The van der Waals surface area contributed by atoms with Crippen molar-refractivity contribution in [3.63, 3.8) is 0 Å². The lowest BCUT2D eigenvalue weighted by molar-refractivity contribution is -0.0510. The molecule has 3 unspecified atom stereocenters. The Morgan fingerprint density at radius 2 is 2.00 bits per heavy atom. The summed E-state index contributed by atoms with van der Waals surface area (Å²) < 4.78 is 41.1. The van der Waals surface area contributed by atoms with Gasteiger partial charge in [0.25, 0.3) is 0 Å². The van der Waals surface area contributed by atoms with Crippen LogP contribution in [-0.2, 0) is 0 Å². The summed E-state index contributed by atoms with van der Waals surface area (Å²) in [7, 11) is 0. The summed E-state index contributed by atoms with van der Waals surface area (Å²) in [6.07, 6.45) is 0.239. The van der Waals surface area contributed by atoms with Crippen LogP contribution in [0.2, 0.25) is 0 Å². The molecule has 1 aliphatic carbocycles. The highest BCUT2D eigenvalue weighted by Crippen LogP contribution is 2.58. The first kappa shape index (κ1) is 14.8. The number of nitrogens with zero attached hydrogens (tertiary/aromatic N) is 1. The molecule has 1 saturated carbocycles. The molecule has 2 aromatic rings. The molecule has 4 nitrogen and oxygen atoms in total. The van der Waals surface area contributed by atoms with Gasteiger partial charge in [-0.3, -0.25) is 0 Å². The van der Waals surface area contributed by atoms with Gasteiger partial charge in [-0.1, -0.05) is 13.0 Å². The molecule has 4 rings (SSSR count). The van der Waals surface area contributed by atoms with Crippen molar-refractivity contribution in [1.82, 2.24) is 0 Å². The molecule has 24 heavy (non-hydrogen) atoms. The van der Waals surface area contributed by atoms with Gasteiger partial charge in [-0.05, 0) is 18.2 Å². The fraction of sp³-hybridized carbons (Fsp3) is 0.278. The van der Waals surface area contributed by atoms with Gasteiger partial charge in [0, 0.05) is 29.5 Å². The second-order valence-corrected chi connectivity index (χ2v) is 5.92. The highest BCUT2D eigenvalue weighted by molar-refractivity contribution is 5.53. The summed E-state index contributed by atoms with van der Waals surface area (Å²) in [6, 6.07) is 11.5. The smallest absolute Gasteiger partial charge is 0.387 e. The normalized spacial score (nSPS) is 23.0. The Morgan fingerprint density at radius 1 is 1.17 bits per heavy atom. The average molecular weight is 329 g/mol. The number of hydrogen-bond acceptors (Lipinski definition) is 4. The van der Waals surface area contributed by atoms with Crippen LogP contribution in [0.3, 0.4) is 0 Å². The van der Waals surface area contributed by atoms with E-state index in [1.54, 1.807) is 12.1 Å². The van der Waals surface area contributed by atoms with E-state index in [0.29, 0.717) is 17.6 Å². The number of benzene rings is 2. The van der Waals surface area contributed by atoms with Gasteiger partial charge in [0.1, 0.15) is 17.6 Å². The monoisotopic (exact) mass is 329 g/mol. The van der Waals surface area contributed by atoms with Crippen molar-refractivity contribution in [2.75, 3.05) is 0 Å². The van der Waals surface area contributed by atoms with E-state index in [1.165, 1.54) is 18.2 Å². The molecular formula is C18H13F2NO3. The van der Waals surface area contributed by atoms with Gasteiger partial charge >= 0.3 is 6.61 Å². The van der Waals surface area contributed by atoms with E-state index in [0.717, 1.165) is 11.3 Å². The molecule has 122 valence electrons. The zero-order valence-corrected chi connectivity index (χ0v) is 12.7. The van der Waals surface area contributed by atoms with E-state index < -0.39 is 6.61 Å². The van der Waals surface area contributed by atoms with E-state index in [-0.39, 0.29) is 23.2 Å². The molecule has 0 N–H and O–H groups in total. The Labute approximate surface area is 137 Å². The predicted molar refractivity (Wildman–Crippen MR) is 80.6 cm³/mol. The lowest BCUT2D eigenvalue weighted by atomic mass is 10.1. The SMILES string of the molecule is CC1C2Oc3cc(Oc4ccc(C#N)cc4OC(F)F)ccc3C12. The maximum Gasteiger partial charge on any atom is 0.387 e. The molecular weight excluding hydrogens is 316 g/mol. The van der Waals surface area contributed by atoms with Crippen molar-refractivity contribution in [3.05, 3.63) is 47.5 Å². The summed E-state index contributed by atoms with van der Waals surface area (Å²) >= 11 is 0. The molecule has 1 aliphatic heterocycles. The van der Waals surface area contributed by atoms with Gasteiger partial charge in [-0.15, -0.1) is 0 Å². The van der Waals surface area contributed by atoms with Crippen LogP contribution in [0, 0.1) is 17.2 Å². The van der Waals surface area contributed by atoms with Gasteiger partial charge in [0.05, 0.1) is 11.6 Å². The first-order chi connectivity index (χ1) is 11.6. The van der Waals surface area contributed by atoms with E-state index in [4.69, 9.17) is 14.7 Å². The second kappa shape index (κ2) is 5.38. The third-order valence-electron chi connectivity index (χ3n) is 4.42. The van der Waals surface area contributed by atoms with Crippen LogP contribution in [-0.4, -0.2) is 12.7 Å². The van der Waals surface area contributed by atoms with Crippen molar-refractivity contribution in [1.29, 1.82) is 5.26 Å². The summed E-state index contributed by atoms with van der Waals surface area (Å²) in [5.74, 6) is 2.15. The highest BCUT2D eigenvalue weighted by atomic mass is 19.3. The third-order valence-corrected chi connectivity index (χ3v) is 4.42. The number of rotatable bonds is 4.